The van der Waals surface area contributed by atoms with E-state index in [0.29, 0.717) is 6.54 Å². The summed E-state index contributed by atoms with van der Waals surface area (Å²) < 4.78 is 1.87. The third kappa shape index (κ3) is 4.12. The highest BCUT2D eigenvalue weighted by Crippen LogP contribution is 1.95. The average Bonchev–Trinajstić information content (AvgIpc) is 2.58. The number of rotatable bonds is 6. The summed E-state index contributed by atoms with van der Waals surface area (Å²) in [6.07, 6.45) is 3.81. The van der Waals surface area contributed by atoms with Crippen molar-refractivity contribution in [1.82, 2.24) is 14.7 Å². The number of likely N-dealkylation sites (N-methyl/N-ethyl adjacent to an activating group) is 1. The Morgan fingerprint density at radius 1 is 1.67 bits per heavy atom. The molecule has 0 atom stereocenters. The number of amides is 1. The highest BCUT2D eigenvalue weighted by atomic mass is 16.1. The van der Waals surface area contributed by atoms with Gasteiger partial charge in [-0.2, -0.15) is 5.10 Å². The molecular formula is C10H18N4O. The fourth-order valence-corrected chi connectivity index (χ4v) is 1.40. The molecule has 0 unspecified atom stereocenters. The molecule has 1 aromatic rings. The van der Waals surface area contributed by atoms with E-state index in [9.17, 15) is 4.79 Å². The molecule has 0 bridgehead atoms. The predicted molar refractivity (Wildman–Crippen MR) is 58.3 cm³/mol. The molecular weight excluding hydrogens is 192 g/mol. The minimum atomic E-state index is -0.284. The molecule has 5 nitrogen and oxygen atoms in total. The number of nitrogens with two attached hydrogens (primary N) is 1. The van der Waals surface area contributed by atoms with Crippen molar-refractivity contribution < 1.29 is 4.79 Å². The van der Waals surface area contributed by atoms with E-state index in [1.165, 1.54) is 0 Å². The molecule has 0 aliphatic heterocycles. The van der Waals surface area contributed by atoms with Gasteiger partial charge in [-0.05, 0) is 19.0 Å². The van der Waals surface area contributed by atoms with Crippen LogP contribution in [0.4, 0.5) is 0 Å². The van der Waals surface area contributed by atoms with E-state index < -0.39 is 0 Å². The summed E-state index contributed by atoms with van der Waals surface area (Å²) in [7, 11) is 0. The van der Waals surface area contributed by atoms with Gasteiger partial charge in [0.15, 0.2) is 0 Å². The Bertz CT molecular complexity index is 321. The second kappa shape index (κ2) is 5.50. The van der Waals surface area contributed by atoms with Crippen LogP contribution in [0.25, 0.3) is 0 Å². The molecule has 5 heteroatoms. The van der Waals surface area contributed by atoms with Crippen LogP contribution in [-0.4, -0.2) is 40.2 Å². The van der Waals surface area contributed by atoms with E-state index in [0.717, 1.165) is 25.2 Å². The van der Waals surface area contributed by atoms with Gasteiger partial charge in [0.05, 0.1) is 19.3 Å². The summed E-state index contributed by atoms with van der Waals surface area (Å²) in [5, 5.41) is 4.18. The molecule has 1 aromatic heterocycles. The fourth-order valence-electron chi connectivity index (χ4n) is 1.40. The van der Waals surface area contributed by atoms with Crippen LogP contribution in [0.15, 0.2) is 12.4 Å². The van der Waals surface area contributed by atoms with Crippen molar-refractivity contribution >= 4 is 5.91 Å². The third-order valence-electron chi connectivity index (χ3n) is 2.23. The molecule has 0 saturated heterocycles. The number of carbonyl (C=O) groups is 1. The van der Waals surface area contributed by atoms with Crippen LogP contribution in [0.1, 0.15) is 12.5 Å². The normalized spacial score (nSPS) is 10.9. The van der Waals surface area contributed by atoms with Crippen LogP contribution in [0.5, 0.6) is 0 Å². The summed E-state index contributed by atoms with van der Waals surface area (Å²) in [6.45, 7) is 6.73. The molecule has 84 valence electrons. The van der Waals surface area contributed by atoms with Crippen LogP contribution in [0, 0.1) is 6.92 Å². The minimum absolute atomic E-state index is 0.284. The first-order valence-electron chi connectivity index (χ1n) is 5.11. The zero-order valence-electron chi connectivity index (χ0n) is 9.31. The van der Waals surface area contributed by atoms with E-state index in [4.69, 9.17) is 5.73 Å². The molecule has 1 heterocycles. The van der Waals surface area contributed by atoms with E-state index in [1.807, 2.05) is 35.8 Å². The van der Waals surface area contributed by atoms with Gasteiger partial charge in [0.1, 0.15) is 0 Å². The van der Waals surface area contributed by atoms with Gasteiger partial charge in [0.25, 0.3) is 0 Å². The lowest BCUT2D eigenvalue weighted by Crippen LogP contribution is -2.35. The lowest BCUT2D eigenvalue weighted by molar-refractivity contribution is -0.119. The standard InChI is InChI=1S/C10H18N4O/c1-3-13(8-10(11)15)4-5-14-7-9(2)6-12-14/h6-7H,3-5,8H2,1-2H3,(H2,11,15). The number of hydrogen-bond donors (Lipinski definition) is 1. The van der Waals surface area contributed by atoms with Gasteiger partial charge < -0.3 is 5.73 Å². The molecule has 15 heavy (non-hydrogen) atoms. The largest absolute Gasteiger partial charge is 0.369 e. The lowest BCUT2D eigenvalue weighted by atomic mass is 10.4. The van der Waals surface area contributed by atoms with Crippen molar-refractivity contribution in [3.8, 4) is 0 Å². The Morgan fingerprint density at radius 3 is 2.87 bits per heavy atom. The van der Waals surface area contributed by atoms with Gasteiger partial charge in [-0.3, -0.25) is 14.4 Å². The molecule has 1 amide bonds. The van der Waals surface area contributed by atoms with Gasteiger partial charge in [-0.15, -0.1) is 0 Å². The molecule has 0 spiro atoms. The van der Waals surface area contributed by atoms with Crippen LogP contribution in [0.3, 0.4) is 0 Å². The molecule has 0 saturated carbocycles. The highest BCUT2D eigenvalue weighted by molar-refractivity contribution is 5.75. The molecule has 1 rings (SSSR count). The van der Waals surface area contributed by atoms with Crippen LogP contribution in [0.2, 0.25) is 0 Å². The van der Waals surface area contributed by atoms with E-state index in [2.05, 4.69) is 5.10 Å². The van der Waals surface area contributed by atoms with Crippen LogP contribution < -0.4 is 5.73 Å². The molecule has 0 aliphatic rings. The first kappa shape index (κ1) is 11.7. The number of hydrogen-bond acceptors (Lipinski definition) is 3. The highest BCUT2D eigenvalue weighted by Gasteiger charge is 2.05. The van der Waals surface area contributed by atoms with E-state index in [1.54, 1.807) is 0 Å². The Balaban J connectivity index is 2.37. The van der Waals surface area contributed by atoms with Gasteiger partial charge in [-0.25, -0.2) is 0 Å². The minimum Gasteiger partial charge on any atom is -0.369 e. The van der Waals surface area contributed by atoms with Crippen molar-refractivity contribution in [1.29, 1.82) is 0 Å². The molecule has 0 fully saturated rings. The summed E-state index contributed by atoms with van der Waals surface area (Å²) >= 11 is 0. The van der Waals surface area contributed by atoms with Crippen molar-refractivity contribution in [3.05, 3.63) is 18.0 Å². The Kier molecular flexibility index (Phi) is 4.30. The molecule has 2 N–H and O–H groups in total. The molecule has 0 aliphatic carbocycles. The number of primary amides is 1. The van der Waals surface area contributed by atoms with Gasteiger partial charge in [0, 0.05) is 12.7 Å². The smallest absolute Gasteiger partial charge is 0.231 e. The van der Waals surface area contributed by atoms with Gasteiger partial charge in [-0.1, -0.05) is 6.92 Å². The first-order valence-corrected chi connectivity index (χ1v) is 5.11. The summed E-state index contributed by atoms with van der Waals surface area (Å²) in [6, 6.07) is 0. The third-order valence-corrected chi connectivity index (χ3v) is 2.23. The topological polar surface area (TPSA) is 64.2 Å². The number of carbonyl (C=O) groups excluding carboxylic acids is 1. The quantitative estimate of drug-likeness (QED) is 0.718. The van der Waals surface area contributed by atoms with Crippen LogP contribution >= 0.6 is 0 Å². The monoisotopic (exact) mass is 210 g/mol. The van der Waals surface area contributed by atoms with E-state index >= 15 is 0 Å². The van der Waals surface area contributed by atoms with Crippen molar-refractivity contribution in [2.24, 2.45) is 5.73 Å². The predicted octanol–water partition coefficient (Wildman–Crippen LogP) is -0.00128. The van der Waals surface area contributed by atoms with Crippen molar-refractivity contribution in [2.75, 3.05) is 19.6 Å². The molecule has 0 aromatic carbocycles. The first-order chi connectivity index (χ1) is 7.11. The summed E-state index contributed by atoms with van der Waals surface area (Å²) in [4.78, 5) is 12.7. The average molecular weight is 210 g/mol. The van der Waals surface area contributed by atoms with Crippen molar-refractivity contribution in [2.45, 2.75) is 20.4 Å². The number of nitrogens with zero attached hydrogens (tertiary/aromatic N) is 3. The van der Waals surface area contributed by atoms with Gasteiger partial charge in [0.2, 0.25) is 5.91 Å². The summed E-state index contributed by atoms with van der Waals surface area (Å²) in [5.74, 6) is -0.284. The fraction of sp³-hybridized carbons (Fsp3) is 0.600. The van der Waals surface area contributed by atoms with Gasteiger partial charge >= 0.3 is 0 Å². The second-order valence-electron chi connectivity index (χ2n) is 3.62. The Labute approximate surface area is 89.9 Å². The molecule has 0 radical (unpaired) electrons. The zero-order chi connectivity index (χ0) is 11.3. The Morgan fingerprint density at radius 2 is 2.40 bits per heavy atom. The maximum Gasteiger partial charge on any atom is 0.231 e. The summed E-state index contributed by atoms with van der Waals surface area (Å²) in [5.41, 5.74) is 6.29. The van der Waals surface area contributed by atoms with Crippen molar-refractivity contribution in [3.63, 3.8) is 0 Å². The number of aromatic nitrogens is 2. The zero-order valence-corrected chi connectivity index (χ0v) is 9.31. The maximum absolute atomic E-state index is 10.7. The number of aryl methyl sites for hydroxylation is 1. The maximum atomic E-state index is 10.7. The Hall–Kier alpha value is -1.36. The second-order valence-corrected chi connectivity index (χ2v) is 3.62. The van der Waals surface area contributed by atoms with E-state index in [-0.39, 0.29) is 5.91 Å². The SMILES string of the molecule is CCN(CCn1cc(C)cn1)CC(N)=O. The van der Waals surface area contributed by atoms with Crippen LogP contribution in [-0.2, 0) is 11.3 Å². The lowest BCUT2D eigenvalue weighted by Gasteiger charge is -2.17.